The van der Waals surface area contributed by atoms with E-state index in [0.717, 1.165) is 34.5 Å². The molecule has 4 aromatic rings. The Kier molecular flexibility index (Phi) is 6.41. The Morgan fingerprint density at radius 3 is 2.44 bits per heavy atom. The number of benzene rings is 3. The van der Waals surface area contributed by atoms with Gasteiger partial charge in [0, 0.05) is 40.9 Å². The van der Waals surface area contributed by atoms with E-state index in [0.29, 0.717) is 23.4 Å². The van der Waals surface area contributed by atoms with E-state index in [-0.39, 0.29) is 24.0 Å². The van der Waals surface area contributed by atoms with Crippen LogP contribution in [-0.2, 0) is 17.6 Å². The number of hydrogen-bond acceptors (Lipinski definition) is 4. The van der Waals surface area contributed by atoms with E-state index in [1.54, 1.807) is 29.3 Å². The topological polar surface area (TPSA) is 79.4 Å². The number of fused-ring (bicyclic) bond motifs is 1. The highest BCUT2D eigenvalue weighted by Gasteiger charge is 2.25. The smallest absolute Gasteiger partial charge is 0.256 e. The normalized spacial score (nSPS) is 12.2. The highest BCUT2D eigenvalue weighted by Crippen LogP contribution is 2.32. The Bertz CT molecular complexity index is 1450. The molecule has 5 rings (SSSR count). The Morgan fingerprint density at radius 1 is 0.917 bits per heavy atom. The molecule has 178 valence electrons. The Morgan fingerprint density at radius 2 is 1.69 bits per heavy atom. The molecule has 0 saturated heterocycles. The van der Waals surface area contributed by atoms with Crippen LogP contribution < -0.4 is 10.2 Å². The summed E-state index contributed by atoms with van der Waals surface area (Å²) in [5.41, 5.74) is 6.15. The first-order valence-corrected chi connectivity index (χ1v) is 11.8. The molecule has 0 fully saturated rings. The van der Waals surface area contributed by atoms with Crippen molar-refractivity contribution in [1.29, 1.82) is 0 Å². The molecule has 1 aliphatic heterocycles. The maximum absolute atomic E-state index is 13.2. The number of nitrogens with zero attached hydrogens (tertiary/aromatic N) is 2. The van der Waals surface area contributed by atoms with Crippen molar-refractivity contribution in [2.75, 3.05) is 16.8 Å². The Hall–Kier alpha value is -4.58. The summed E-state index contributed by atoms with van der Waals surface area (Å²) < 4.78 is 0. The third-order valence-electron chi connectivity index (χ3n) is 6.37. The van der Waals surface area contributed by atoms with Gasteiger partial charge in [0.05, 0.1) is 6.42 Å². The van der Waals surface area contributed by atoms with Crippen molar-refractivity contribution in [2.24, 2.45) is 0 Å². The van der Waals surface area contributed by atoms with Gasteiger partial charge >= 0.3 is 0 Å². The van der Waals surface area contributed by atoms with E-state index in [9.17, 15) is 14.4 Å². The van der Waals surface area contributed by atoms with Crippen LogP contribution in [0, 0.1) is 0 Å². The van der Waals surface area contributed by atoms with Crippen molar-refractivity contribution >= 4 is 29.0 Å². The van der Waals surface area contributed by atoms with Crippen molar-refractivity contribution in [3.63, 3.8) is 0 Å². The fourth-order valence-electron chi connectivity index (χ4n) is 4.51. The third kappa shape index (κ3) is 4.79. The number of hydrogen-bond donors (Lipinski definition) is 1. The maximum atomic E-state index is 13.2. The van der Waals surface area contributed by atoms with Crippen molar-refractivity contribution in [1.82, 2.24) is 4.98 Å². The summed E-state index contributed by atoms with van der Waals surface area (Å²) in [4.78, 5) is 43.7. The molecule has 0 spiro atoms. The number of carbonyl (C=O) groups excluding carboxylic acids is 3. The van der Waals surface area contributed by atoms with Gasteiger partial charge in [-0.15, -0.1) is 0 Å². The van der Waals surface area contributed by atoms with Crippen LogP contribution in [0.25, 0.3) is 11.1 Å². The fraction of sp³-hybridized carbons (Fsp3) is 0.133. The van der Waals surface area contributed by atoms with Crippen molar-refractivity contribution in [2.45, 2.75) is 19.8 Å². The monoisotopic (exact) mass is 475 g/mol. The zero-order valence-corrected chi connectivity index (χ0v) is 19.9. The minimum atomic E-state index is -0.220. The molecule has 36 heavy (non-hydrogen) atoms. The van der Waals surface area contributed by atoms with E-state index in [4.69, 9.17) is 0 Å². The second-order valence-corrected chi connectivity index (χ2v) is 8.77. The lowest BCUT2D eigenvalue weighted by atomic mass is 9.97. The van der Waals surface area contributed by atoms with Gasteiger partial charge in [-0.05, 0) is 66.4 Å². The van der Waals surface area contributed by atoms with Gasteiger partial charge in [-0.25, -0.2) is 0 Å². The zero-order chi connectivity index (χ0) is 25.1. The fourth-order valence-corrected chi connectivity index (χ4v) is 4.51. The molecule has 2 amide bonds. The number of aromatic nitrogens is 1. The molecule has 1 N–H and O–H groups in total. The quantitative estimate of drug-likeness (QED) is 0.382. The predicted molar refractivity (Wildman–Crippen MR) is 140 cm³/mol. The number of carbonyl (C=O) groups is 3. The van der Waals surface area contributed by atoms with Gasteiger partial charge in [-0.3, -0.25) is 19.4 Å². The van der Waals surface area contributed by atoms with Gasteiger partial charge < -0.3 is 10.2 Å². The summed E-state index contributed by atoms with van der Waals surface area (Å²) in [7, 11) is 0. The average molecular weight is 476 g/mol. The Balaban J connectivity index is 1.33. The molecular weight excluding hydrogens is 450 g/mol. The van der Waals surface area contributed by atoms with Crippen molar-refractivity contribution in [3.05, 3.63) is 114 Å². The summed E-state index contributed by atoms with van der Waals surface area (Å²) in [6.45, 7) is 2.14. The SMILES string of the molecule is CC(=O)c1ccc(-c2ccccc2C(=O)Nc2ccc3c(c2)CCN3C(=O)Cc2ccccn2)cc1. The van der Waals surface area contributed by atoms with E-state index < -0.39 is 0 Å². The predicted octanol–water partition coefficient (Wildman–Crippen LogP) is 5.34. The number of amides is 2. The molecule has 2 heterocycles. The largest absolute Gasteiger partial charge is 0.322 e. The maximum Gasteiger partial charge on any atom is 0.256 e. The van der Waals surface area contributed by atoms with Gasteiger partial charge in [0.15, 0.2) is 5.78 Å². The number of Topliss-reactive ketones (excluding diaryl/α,β-unsaturated/α-hetero) is 1. The number of ketones is 1. The number of rotatable bonds is 6. The molecule has 6 heteroatoms. The van der Waals surface area contributed by atoms with E-state index in [2.05, 4.69) is 10.3 Å². The molecule has 3 aromatic carbocycles. The average Bonchev–Trinajstić information content (AvgIpc) is 3.33. The molecule has 1 aromatic heterocycles. The first kappa shape index (κ1) is 23.2. The van der Waals surface area contributed by atoms with Crippen LogP contribution in [-0.4, -0.2) is 29.1 Å². The van der Waals surface area contributed by atoms with E-state index >= 15 is 0 Å². The summed E-state index contributed by atoms with van der Waals surface area (Å²) >= 11 is 0. The summed E-state index contributed by atoms with van der Waals surface area (Å²) in [6, 6.07) is 25.9. The second-order valence-electron chi connectivity index (χ2n) is 8.77. The minimum absolute atomic E-state index is 0.00110. The van der Waals surface area contributed by atoms with Gasteiger partial charge in [0.25, 0.3) is 5.91 Å². The van der Waals surface area contributed by atoms with Crippen molar-refractivity contribution < 1.29 is 14.4 Å². The number of pyridine rings is 1. The molecule has 6 nitrogen and oxygen atoms in total. The molecule has 0 unspecified atom stereocenters. The molecule has 1 aliphatic rings. The Labute approximate surface area is 209 Å². The molecule has 0 atom stereocenters. The summed E-state index contributed by atoms with van der Waals surface area (Å²) in [6.07, 6.45) is 2.67. The minimum Gasteiger partial charge on any atom is -0.322 e. The standard InChI is InChI=1S/C30H25N3O3/c1-20(34)21-9-11-22(12-10-21)26-7-2-3-8-27(26)30(36)32-25-13-14-28-23(18-25)15-17-33(28)29(35)19-24-6-4-5-16-31-24/h2-14,16,18H,15,17,19H2,1H3,(H,32,36). The molecule has 0 saturated carbocycles. The van der Waals surface area contributed by atoms with Gasteiger partial charge in [0.2, 0.25) is 5.91 Å². The van der Waals surface area contributed by atoms with Crippen LogP contribution >= 0.6 is 0 Å². The van der Waals surface area contributed by atoms with Gasteiger partial charge in [-0.1, -0.05) is 48.5 Å². The van der Waals surface area contributed by atoms with E-state index in [1.807, 2.05) is 66.7 Å². The lowest BCUT2D eigenvalue weighted by Gasteiger charge is -2.17. The van der Waals surface area contributed by atoms with Crippen LogP contribution in [0.2, 0.25) is 0 Å². The van der Waals surface area contributed by atoms with Crippen molar-refractivity contribution in [3.8, 4) is 11.1 Å². The summed E-state index contributed by atoms with van der Waals surface area (Å²) in [5, 5.41) is 3.01. The molecule has 0 aliphatic carbocycles. The molecular formula is C30H25N3O3. The summed E-state index contributed by atoms with van der Waals surface area (Å²) in [5.74, 6) is -0.211. The number of nitrogens with one attached hydrogen (secondary N) is 1. The second kappa shape index (κ2) is 9.96. The lowest BCUT2D eigenvalue weighted by Crippen LogP contribution is -2.30. The van der Waals surface area contributed by atoms with Gasteiger partial charge in [-0.2, -0.15) is 0 Å². The molecule has 0 radical (unpaired) electrons. The number of anilines is 2. The third-order valence-corrected chi connectivity index (χ3v) is 6.37. The first-order valence-electron chi connectivity index (χ1n) is 11.8. The van der Waals surface area contributed by atoms with Crippen LogP contribution in [0.3, 0.4) is 0 Å². The van der Waals surface area contributed by atoms with Crippen LogP contribution in [0.1, 0.15) is 38.9 Å². The highest BCUT2D eigenvalue weighted by atomic mass is 16.2. The van der Waals surface area contributed by atoms with Crippen LogP contribution in [0.4, 0.5) is 11.4 Å². The van der Waals surface area contributed by atoms with Crippen LogP contribution in [0.15, 0.2) is 91.1 Å². The zero-order valence-electron chi connectivity index (χ0n) is 19.9. The van der Waals surface area contributed by atoms with E-state index in [1.165, 1.54) is 6.92 Å². The first-order chi connectivity index (χ1) is 17.5. The van der Waals surface area contributed by atoms with Crippen LogP contribution in [0.5, 0.6) is 0 Å². The van der Waals surface area contributed by atoms with Gasteiger partial charge in [0.1, 0.15) is 0 Å². The lowest BCUT2D eigenvalue weighted by molar-refractivity contribution is -0.117. The molecule has 0 bridgehead atoms. The highest BCUT2D eigenvalue weighted by molar-refractivity contribution is 6.09.